The highest BCUT2D eigenvalue weighted by Crippen LogP contribution is 2.37. The van der Waals surface area contributed by atoms with Crippen molar-refractivity contribution in [1.29, 1.82) is 0 Å². The fraction of sp³-hybridized carbons (Fsp3) is 1.00. The monoisotopic (exact) mass is 214 g/mol. The summed E-state index contributed by atoms with van der Waals surface area (Å²) in [5, 5.41) is 3.36. The van der Waals surface area contributed by atoms with Crippen LogP contribution in [-0.4, -0.2) is 48.6 Å². The Balaban J connectivity index is 1.99. The van der Waals surface area contributed by atoms with Crippen molar-refractivity contribution in [3.63, 3.8) is 0 Å². The molecule has 0 aromatic heterocycles. The molecule has 0 bridgehead atoms. The van der Waals surface area contributed by atoms with E-state index in [-0.39, 0.29) is 0 Å². The molecule has 0 radical (unpaired) electrons. The maximum Gasteiger partial charge on any atom is 0.0345 e. The topological polar surface area (TPSA) is 15.3 Å². The van der Waals surface area contributed by atoms with Crippen molar-refractivity contribution >= 4 is 11.8 Å². The van der Waals surface area contributed by atoms with Gasteiger partial charge in [0.05, 0.1) is 0 Å². The smallest absolute Gasteiger partial charge is 0.0345 e. The standard InChI is InChI=1S/C11H22N2S/c1-11(2)4-5-14-8-10(11)13(3)9-6-12-7-9/h9-10,12H,4-8H2,1-3H3. The molecule has 1 N–H and O–H groups in total. The van der Waals surface area contributed by atoms with E-state index in [0.717, 1.165) is 12.1 Å². The van der Waals surface area contributed by atoms with Crippen LogP contribution in [0.4, 0.5) is 0 Å². The first-order valence-corrected chi connectivity index (χ1v) is 6.77. The molecule has 2 aliphatic rings. The SMILES string of the molecule is CN(C1CNC1)C1CSCCC1(C)C. The summed E-state index contributed by atoms with van der Waals surface area (Å²) in [6, 6.07) is 1.56. The molecule has 0 aromatic carbocycles. The third-order valence-corrected chi connectivity index (χ3v) is 4.94. The van der Waals surface area contributed by atoms with Gasteiger partial charge in [-0.1, -0.05) is 13.8 Å². The molecule has 0 aromatic rings. The molecule has 1 unspecified atom stereocenters. The van der Waals surface area contributed by atoms with Crippen LogP contribution in [-0.2, 0) is 0 Å². The molecule has 82 valence electrons. The highest BCUT2D eigenvalue weighted by molar-refractivity contribution is 7.99. The molecular weight excluding hydrogens is 192 g/mol. The summed E-state index contributed by atoms with van der Waals surface area (Å²) in [4.78, 5) is 2.61. The van der Waals surface area contributed by atoms with Crippen molar-refractivity contribution in [2.45, 2.75) is 32.4 Å². The minimum Gasteiger partial charge on any atom is -0.314 e. The Bertz CT molecular complexity index is 201. The van der Waals surface area contributed by atoms with Gasteiger partial charge in [0.1, 0.15) is 0 Å². The van der Waals surface area contributed by atoms with E-state index in [2.05, 4.69) is 42.9 Å². The third-order valence-electron chi connectivity index (χ3n) is 3.90. The van der Waals surface area contributed by atoms with Crippen molar-refractivity contribution in [3.05, 3.63) is 0 Å². The van der Waals surface area contributed by atoms with Crippen LogP contribution in [0.15, 0.2) is 0 Å². The molecular formula is C11H22N2S. The molecule has 2 rings (SSSR count). The summed E-state index contributed by atoms with van der Waals surface area (Å²) in [6.07, 6.45) is 1.37. The summed E-state index contributed by atoms with van der Waals surface area (Å²) in [5.41, 5.74) is 0.510. The highest BCUT2D eigenvalue weighted by Gasteiger charge is 2.38. The summed E-state index contributed by atoms with van der Waals surface area (Å²) in [7, 11) is 2.31. The fourth-order valence-corrected chi connectivity index (χ4v) is 4.15. The van der Waals surface area contributed by atoms with Gasteiger partial charge in [-0.25, -0.2) is 0 Å². The number of hydrogen-bond acceptors (Lipinski definition) is 3. The van der Waals surface area contributed by atoms with Crippen LogP contribution in [0.1, 0.15) is 20.3 Å². The van der Waals surface area contributed by atoms with Crippen molar-refractivity contribution in [2.24, 2.45) is 5.41 Å². The van der Waals surface area contributed by atoms with Crippen LogP contribution in [0.25, 0.3) is 0 Å². The minimum atomic E-state index is 0.510. The van der Waals surface area contributed by atoms with Crippen LogP contribution >= 0.6 is 11.8 Å². The van der Waals surface area contributed by atoms with Crippen molar-refractivity contribution in [1.82, 2.24) is 10.2 Å². The molecule has 0 spiro atoms. The molecule has 2 nitrogen and oxygen atoms in total. The first kappa shape index (κ1) is 10.8. The average Bonchev–Trinajstić information content (AvgIpc) is 1.99. The Morgan fingerprint density at radius 1 is 1.36 bits per heavy atom. The predicted molar refractivity (Wildman–Crippen MR) is 63.9 cm³/mol. The van der Waals surface area contributed by atoms with Crippen molar-refractivity contribution in [3.8, 4) is 0 Å². The number of nitrogens with zero attached hydrogens (tertiary/aromatic N) is 1. The number of nitrogens with one attached hydrogen (secondary N) is 1. The van der Waals surface area contributed by atoms with Gasteiger partial charge in [-0.05, 0) is 24.6 Å². The molecule has 2 fully saturated rings. The maximum atomic E-state index is 3.36. The summed E-state index contributed by atoms with van der Waals surface area (Å²) in [5.74, 6) is 2.67. The van der Waals surface area contributed by atoms with Crippen LogP contribution < -0.4 is 5.32 Å². The Labute approximate surface area is 91.8 Å². The van der Waals surface area contributed by atoms with E-state index in [1.54, 1.807) is 0 Å². The van der Waals surface area contributed by atoms with Gasteiger partial charge in [0.2, 0.25) is 0 Å². The Hall–Kier alpha value is 0.270. The zero-order chi connectivity index (χ0) is 10.2. The molecule has 2 aliphatic heterocycles. The zero-order valence-corrected chi connectivity index (χ0v) is 10.4. The first-order valence-electron chi connectivity index (χ1n) is 5.62. The van der Waals surface area contributed by atoms with E-state index < -0.39 is 0 Å². The average molecular weight is 214 g/mol. The van der Waals surface area contributed by atoms with Gasteiger partial charge in [-0.3, -0.25) is 4.90 Å². The second-order valence-corrected chi connectivity index (χ2v) is 6.46. The second-order valence-electron chi connectivity index (χ2n) is 5.31. The summed E-state index contributed by atoms with van der Waals surface area (Å²) < 4.78 is 0. The number of likely N-dealkylation sites (N-methyl/N-ethyl adjacent to an activating group) is 1. The van der Waals surface area contributed by atoms with Gasteiger partial charge in [0.25, 0.3) is 0 Å². The Morgan fingerprint density at radius 2 is 2.07 bits per heavy atom. The number of hydrogen-bond donors (Lipinski definition) is 1. The van der Waals surface area contributed by atoms with E-state index in [9.17, 15) is 0 Å². The van der Waals surface area contributed by atoms with Gasteiger partial charge in [-0.15, -0.1) is 0 Å². The van der Waals surface area contributed by atoms with Crippen molar-refractivity contribution in [2.75, 3.05) is 31.6 Å². The van der Waals surface area contributed by atoms with Gasteiger partial charge in [0, 0.05) is 30.9 Å². The Kier molecular flexibility index (Phi) is 3.10. The van der Waals surface area contributed by atoms with Crippen LogP contribution in [0, 0.1) is 5.41 Å². The predicted octanol–water partition coefficient (Wildman–Crippen LogP) is 1.42. The molecule has 1 atom stereocenters. The summed E-state index contributed by atoms with van der Waals surface area (Å²) >= 11 is 2.12. The van der Waals surface area contributed by atoms with E-state index in [0.29, 0.717) is 5.41 Å². The Morgan fingerprint density at radius 3 is 2.57 bits per heavy atom. The molecule has 0 amide bonds. The van der Waals surface area contributed by atoms with Gasteiger partial charge in [0.15, 0.2) is 0 Å². The highest BCUT2D eigenvalue weighted by atomic mass is 32.2. The lowest BCUT2D eigenvalue weighted by Gasteiger charge is -2.48. The number of thioether (sulfide) groups is 1. The quantitative estimate of drug-likeness (QED) is 0.748. The summed E-state index contributed by atoms with van der Waals surface area (Å²) in [6.45, 7) is 7.24. The molecule has 3 heteroatoms. The van der Waals surface area contributed by atoms with Gasteiger partial charge < -0.3 is 5.32 Å². The maximum absolute atomic E-state index is 3.36. The molecule has 14 heavy (non-hydrogen) atoms. The zero-order valence-electron chi connectivity index (χ0n) is 9.55. The van der Waals surface area contributed by atoms with E-state index in [4.69, 9.17) is 0 Å². The molecule has 2 heterocycles. The van der Waals surface area contributed by atoms with Crippen LogP contribution in [0.5, 0.6) is 0 Å². The van der Waals surface area contributed by atoms with Gasteiger partial charge in [-0.2, -0.15) is 11.8 Å². The van der Waals surface area contributed by atoms with E-state index in [1.807, 2.05) is 0 Å². The lowest BCUT2D eigenvalue weighted by atomic mass is 9.80. The van der Waals surface area contributed by atoms with Crippen molar-refractivity contribution < 1.29 is 0 Å². The first-order chi connectivity index (χ1) is 6.61. The van der Waals surface area contributed by atoms with Crippen LogP contribution in [0.3, 0.4) is 0 Å². The molecule has 2 saturated heterocycles. The third kappa shape index (κ3) is 1.95. The van der Waals surface area contributed by atoms with Crippen LogP contribution in [0.2, 0.25) is 0 Å². The van der Waals surface area contributed by atoms with E-state index in [1.165, 1.54) is 31.0 Å². The minimum absolute atomic E-state index is 0.510. The number of rotatable bonds is 2. The normalized spacial score (nSPS) is 33.0. The molecule has 0 saturated carbocycles. The fourth-order valence-electron chi connectivity index (χ4n) is 2.41. The lowest BCUT2D eigenvalue weighted by Crippen LogP contribution is -2.62. The van der Waals surface area contributed by atoms with E-state index >= 15 is 0 Å². The molecule has 0 aliphatic carbocycles. The van der Waals surface area contributed by atoms with Gasteiger partial charge >= 0.3 is 0 Å². The lowest BCUT2D eigenvalue weighted by molar-refractivity contribution is 0.0604. The largest absolute Gasteiger partial charge is 0.314 e. The second kappa shape index (κ2) is 4.03.